The van der Waals surface area contributed by atoms with Gasteiger partial charge >= 0.3 is 0 Å². The molecule has 2 aromatic rings. The Morgan fingerprint density at radius 3 is 2.65 bits per heavy atom. The maximum absolute atomic E-state index is 13.7. The summed E-state index contributed by atoms with van der Waals surface area (Å²) >= 11 is 0. The van der Waals surface area contributed by atoms with Crippen LogP contribution in [0.15, 0.2) is 36.4 Å². The summed E-state index contributed by atoms with van der Waals surface area (Å²) in [6, 6.07) is 9.11. The van der Waals surface area contributed by atoms with Gasteiger partial charge in [0, 0.05) is 5.56 Å². The SMILES string of the molecule is NNOc1cccc(C=Cc2c(F)ccc(N)c2F)c1. The first-order valence-corrected chi connectivity index (χ1v) is 5.76. The second kappa shape index (κ2) is 6.14. The van der Waals surface area contributed by atoms with E-state index in [0.717, 1.165) is 6.07 Å². The normalized spacial score (nSPS) is 10.9. The Labute approximate surface area is 114 Å². The molecule has 0 bridgehead atoms. The molecular formula is C14H13F2N3O. The van der Waals surface area contributed by atoms with Gasteiger partial charge in [0.1, 0.15) is 11.6 Å². The fraction of sp³-hybridized carbons (Fsp3) is 0. The molecule has 5 N–H and O–H groups in total. The lowest BCUT2D eigenvalue weighted by molar-refractivity contribution is 0.199. The van der Waals surface area contributed by atoms with Crippen LogP contribution < -0.4 is 22.0 Å². The van der Waals surface area contributed by atoms with E-state index >= 15 is 0 Å². The van der Waals surface area contributed by atoms with Gasteiger partial charge in [-0.1, -0.05) is 23.8 Å². The first-order valence-electron chi connectivity index (χ1n) is 5.76. The molecule has 0 amide bonds. The van der Waals surface area contributed by atoms with Crippen molar-refractivity contribution in [3.05, 3.63) is 59.2 Å². The van der Waals surface area contributed by atoms with E-state index in [0.29, 0.717) is 11.3 Å². The van der Waals surface area contributed by atoms with E-state index in [1.54, 1.807) is 30.3 Å². The topological polar surface area (TPSA) is 73.3 Å². The molecule has 0 aliphatic carbocycles. The fourth-order valence-electron chi connectivity index (χ4n) is 1.67. The number of anilines is 1. The van der Waals surface area contributed by atoms with Gasteiger partial charge in [-0.05, 0) is 35.9 Å². The molecule has 0 saturated heterocycles. The second-order valence-electron chi connectivity index (χ2n) is 3.99. The number of hydrazine groups is 1. The van der Waals surface area contributed by atoms with E-state index in [9.17, 15) is 8.78 Å². The standard InChI is InChI=1S/C14H13F2N3O/c15-12-6-7-13(17)14(16)11(12)5-4-9-2-1-3-10(8-9)20-19-18/h1-8,19H,17-18H2. The molecule has 2 rings (SSSR count). The zero-order valence-electron chi connectivity index (χ0n) is 10.4. The number of halogens is 2. The molecule has 0 saturated carbocycles. The van der Waals surface area contributed by atoms with Gasteiger partial charge in [0.25, 0.3) is 0 Å². The molecule has 0 unspecified atom stereocenters. The first-order chi connectivity index (χ1) is 9.61. The largest absolute Gasteiger partial charge is 0.396 e. The van der Waals surface area contributed by atoms with Gasteiger partial charge in [-0.25, -0.2) is 14.6 Å². The Morgan fingerprint density at radius 2 is 1.90 bits per heavy atom. The summed E-state index contributed by atoms with van der Waals surface area (Å²) in [5.41, 5.74) is 7.86. The molecule has 0 atom stereocenters. The Kier molecular flexibility index (Phi) is 4.29. The van der Waals surface area contributed by atoms with Crippen LogP contribution in [0.1, 0.15) is 11.1 Å². The average Bonchev–Trinajstić information content (AvgIpc) is 2.44. The summed E-state index contributed by atoms with van der Waals surface area (Å²) in [6.45, 7) is 0. The summed E-state index contributed by atoms with van der Waals surface area (Å²) in [5.74, 6) is 4.05. The van der Waals surface area contributed by atoms with Gasteiger partial charge in [-0.15, -0.1) is 0 Å². The number of nitrogens with one attached hydrogen (secondary N) is 1. The third-order valence-corrected chi connectivity index (χ3v) is 2.63. The first kappa shape index (κ1) is 14.0. The van der Waals surface area contributed by atoms with Crippen molar-refractivity contribution < 1.29 is 13.6 Å². The summed E-state index contributed by atoms with van der Waals surface area (Å²) in [6.07, 6.45) is 2.86. The Morgan fingerprint density at radius 1 is 1.10 bits per heavy atom. The highest BCUT2D eigenvalue weighted by Gasteiger charge is 2.08. The molecule has 4 nitrogen and oxygen atoms in total. The maximum Gasteiger partial charge on any atom is 0.156 e. The third kappa shape index (κ3) is 3.11. The van der Waals surface area contributed by atoms with Crippen molar-refractivity contribution >= 4 is 17.8 Å². The van der Waals surface area contributed by atoms with Crippen LogP contribution in [-0.2, 0) is 0 Å². The van der Waals surface area contributed by atoms with Crippen molar-refractivity contribution in [2.45, 2.75) is 0 Å². The van der Waals surface area contributed by atoms with Crippen LogP contribution in [0, 0.1) is 11.6 Å². The van der Waals surface area contributed by atoms with E-state index in [-0.39, 0.29) is 11.3 Å². The molecule has 20 heavy (non-hydrogen) atoms. The lowest BCUT2D eigenvalue weighted by Crippen LogP contribution is -2.25. The lowest BCUT2D eigenvalue weighted by atomic mass is 10.1. The highest BCUT2D eigenvalue weighted by molar-refractivity contribution is 5.72. The summed E-state index contributed by atoms with van der Waals surface area (Å²) in [7, 11) is 0. The quantitative estimate of drug-likeness (QED) is 0.347. The zero-order valence-corrected chi connectivity index (χ0v) is 10.4. The van der Waals surface area contributed by atoms with Crippen molar-refractivity contribution in [1.29, 1.82) is 0 Å². The van der Waals surface area contributed by atoms with Crippen LogP contribution >= 0.6 is 0 Å². The fourth-order valence-corrected chi connectivity index (χ4v) is 1.67. The average molecular weight is 277 g/mol. The van der Waals surface area contributed by atoms with E-state index in [1.807, 2.05) is 0 Å². The number of nitrogen functional groups attached to an aromatic ring is 1. The predicted molar refractivity (Wildman–Crippen MR) is 74.1 cm³/mol. The Hall–Kier alpha value is -2.44. The van der Waals surface area contributed by atoms with Crippen LogP contribution in [-0.4, -0.2) is 0 Å². The van der Waals surface area contributed by atoms with Gasteiger partial charge in [-0.2, -0.15) is 0 Å². The molecule has 0 spiro atoms. The van der Waals surface area contributed by atoms with Gasteiger partial charge in [0.05, 0.1) is 5.69 Å². The van der Waals surface area contributed by atoms with Crippen LogP contribution in [0.5, 0.6) is 5.75 Å². The van der Waals surface area contributed by atoms with Gasteiger partial charge < -0.3 is 10.6 Å². The molecular weight excluding hydrogens is 264 g/mol. The van der Waals surface area contributed by atoms with E-state index in [1.165, 1.54) is 12.1 Å². The number of nitrogens with two attached hydrogens (primary N) is 2. The maximum atomic E-state index is 13.7. The van der Waals surface area contributed by atoms with Crippen LogP contribution in [0.25, 0.3) is 12.2 Å². The van der Waals surface area contributed by atoms with E-state index < -0.39 is 11.6 Å². The van der Waals surface area contributed by atoms with Gasteiger partial charge in [0.2, 0.25) is 0 Å². The van der Waals surface area contributed by atoms with Crippen LogP contribution in [0.4, 0.5) is 14.5 Å². The highest BCUT2D eigenvalue weighted by atomic mass is 19.1. The monoisotopic (exact) mass is 277 g/mol. The van der Waals surface area contributed by atoms with E-state index in [4.69, 9.17) is 16.4 Å². The molecule has 0 aliphatic rings. The number of hydrogen-bond donors (Lipinski definition) is 3. The Bertz CT molecular complexity index is 644. The van der Waals surface area contributed by atoms with Crippen molar-refractivity contribution in [2.75, 3.05) is 5.73 Å². The summed E-state index contributed by atoms with van der Waals surface area (Å²) in [5, 5.41) is 0. The third-order valence-electron chi connectivity index (χ3n) is 2.63. The molecule has 6 heteroatoms. The zero-order chi connectivity index (χ0) is 14.5. The molecule has 0 heterocycles. The van der Waals surface area contributed by atoms with Crippen molar-refractivity contribution in [3.63, 3.8) is 0 Å². The lowest BCUT2D eigenvalue weighted by Gasteiger charge is -2.04. The minimum Gasteiger partial charge on any atom is -0.396 e. The summed E-state index contributed by atoms with van der Waals surface area (Å²) < 4.78 is 27.2. The number of rotatable bonds is 4. The van der Waals surface area contributed by atoms with Crippen molar-refractivity contribution in [2.24, 2.45) is 5.84 Å². The second-order valence-corrected chi connectivity index (χ2v) is 3.99. The molecule has 0 aliphatic heterocycles. The Balaban J connectivity index is 2.30. The number of benzene rings is 2. The van der Waals surface area contributed by atoms with Crippen LogP contribution in [0.2, 0.25) is 0 Å². The van der Waals surface area contributed by atoms with Crippen molar-refractivity contribution in [1.82, 2.24) is 5.59 Å². The molecule has 0 fully saturated rings. The minimum atomic E-state index is -0.780. The van der Waals surface area contributed by atoms with E-state index in [2.05, 4.69) is 5.59 Å². The molecule has 0 radical (unpaired) electrons. The minimum absolute atomic E-state index is 0.101. The van der Waals surface area contributed by atoms with Gasteiger partial charge in [-0.3, -0.25) is 0 Å². The van der Waals surface area contributed by atoms with Crippen LogP contribution in [0.3, 0.4) is 0 Å². The van der Waals surface area contributed by atoms with Crippen molar-refractivity contribution in [3.8, 4) is 5.75 Å². The molecule has 104 valence electrons. The summed E-state index contributed by atoms with van der Waals surface area (Å²) in [4.78, 5) is 4.89. The van der Waals surface area contributed by atoms with Gasteiger partial charge in [0.15, 0.2) is 5.82 Å². The molecule has 2 aromatic carbocycles. The molecule has 0 aromatic heterocycles. The smallest absolute Gasteiger partial charge is 0.156 e. The predicted octanol–water partition coefficient (Wildman–Crippen LogP) is 2.47. The highest BCUT2D eigenvalue weighted by Crippen LogP contribution is 2.21. The number of hydrogen-bond acceptors (Lipinski definition) is 4.